The first-order chi connectivity index (χ1) is 12.9. The van der Waals surface area contributed by atoms with Gasteiger partial charge in [-0.1, -0.05) is 47.5 Å². The van der Waals surface area contributed by atoms with Gasteiger partial charge in [-0.25, -0.2) is 4.79 Å². The summed E-state index contributed by atoms with van der Waals surface area (Å²) < 4.78 is 11.3. The Bertz CT molecular complexity index is 1220. The molecule has 0 spiro atoms. The van der Waals surface area contributed by atoms with Crippen molar-refractivity contribution < 1.29 is 8.83 Å². The van der Waals surface area contributed by atoms with Crippen LogP contribution in [-0.4, -0.2) is 0 Å². The molecule has 0 aliphatic carbocycles. The van der Waals surface area contributed by atoms with Gasteiger partial charge in [-0.15, -0.1) is 0 Å². The van der Waals surface area contributed by atoms with Gasteiger partial charge in [-0.2, -0.15) is 0 Å². The van der Waals surface area contributed by atoms with E-state index in [1.54, 1.807) is 31.2 Å². The molecule has 2 aromatic heterocycles. The van der Waals surface area contributed by atoms with Crippen LogP contribution in [0, 0.1) is 13.8 Å². The van der Waals surface area contributed by atoms with E-state index in [0.717, 1.165) is 11.3 Å². The van der Waals surface area contributed by atoms with Gasteiger partial charge in [0, 0.05) is 11.8 Å². The molecule has 2 aromatic carbocycles. The minimum atomic E-state index is -0.465. The average molecular weight is 400 g/mol. The summed E-state index contributed by atoms with van der Waals surface area (Å²) >= 11 is 12.3. The molecule has 4 aromatic rings. The second kappa shape index (κ2) is 6.80. The van der Waals surface area contributed by atoms with Crippen molar-refractivity contribution in [3.05, 3.63) is 80.3 Å². The number of para-hydroxylation sites is 1. The van der Waals surface area contributed by atoms with Crippen LogP contribution in [0.4, 0.5) is 11.6 Å². The number of aryl methyl sites for hydroxylation is 2. The van der Waals surface area contributed by atoms with E-state index in [0.29, 0.717) is 43.8 Å². The van der Waals surface area contributed by atoms with E-state index in [1.807, 2.05) is 31.2 Å². The van der Waals surface area contributed by atoms with E-state index in [-0.39, 0.29) is 0 Å². The van der Waals surface area contributed by atoms with Crippen molar-refractivity contribution in [1.82, 2.24) is 0 Å². The number of hydrogen-bond acceptors (Lipinski definition) is 4. The molecule has 0 atom stereocenters. The molecule has 0 fully saturated rings. The maximum absolute atomic E-state index is 12.6. The molecule has 4 nitrogen and oxygen atoms in total. The number of benzene rings is 2. The Balaban J connectivity index is 2.00. The molecule has 0 saturated heterocycles. The molecule has 1 N–H and O–H groups in total. The van der Waals surface area contributed by atoms with Crippen LogP contribution >= 0.6 is 23.2 Å². The number of hydrogen-bond donors (Lipinski definition) is 1. The maximum Gasteiger partial charge on any atom is 0.347 e. The Kier molecular flexibility index (Phi) is 4.46. The number of anilines is 2. The highest BCUT2D eigenvalue weighted by Gasteiger charge is 2.21. The first-order valence-corrected chi connectivity index (χ1v) is 9.05. The quantitative estimate of drug-likeness (QED) is 0.415. The summed E-state index contributed by atoms with van der Waals surface area (Å²) in [6, 6.07) is 14.7. The van der Waals surface area contributed by atoms with Gasteiger partial charge in [0.05, 0.1) is 15.6 Å². The molecule has 0 amide bonds. The third-order valence-electron chi connectivity index (χ3n) is 4.33. The topological polar surface area (TPSA) is 55.4 Å². The van der Waals surface area contributed by atoms with Gasteiger partial charge in [0.25, 0.3) is 0 Å². The van der Waals surface area contributed by atoms with Gasteiger partial charge in [-0.05, 0) is 43.2 Å². The number of halogens is 2. The van der Waals surface area contributed by atoms with Crippen molar-refractivity contribution in [3.8, 4) is 11.1 Å². The minimum Gasteiger partial charge on any atom is -0.439 e. The fourth-order valence-corrected chi connectivity index (χ4v) is 3.31. The van der Waals surface area contributed by atoms with Crippen LogP contribution in [0.15, 0.2) is 62.2 Å². The van der Waals surface area contributed by atoms with Crippen LogP contribution in [0.1, 0.15) is 11.3 Å². The number of furan rings is 1. The van der Waals surface area contributed by atoms with Crippen LogP contribution in [-0.2, 0) is 0 Å². The van der Waals surface area contributed by atoms with E-state index in [2.05, 4.69) is 5.32 Å². The van der Waals surface area contributed by atoms with Crippen LogP contribution < -0.4 is 10.9 Å². The van der Waals surface area contributed by atoms with Crippen LogP contribution in [0.3, 0.4) is 0 Å². The highest BCUT2D eigenvalue weighted by atomic mass is 35.5. The highest BCUT2D eigenvalue weighted by molar-refractivity contribution is 6.42. The molecule has 6 heteroatoms. The largest absolute Gasteiger partial charge is 0.439 e. The van der Waals surface area contributed by atoms with Gasteiger partial charge >= 0.3 is 5.63 Å². The molecule has 0 aliphatic heterocycles. The Labute approximate surface area is 165 Å². The summed E-state index contributed by atoms with van der Waals surface area (Å²) in [6.45, 7) is 3.69. The smallest absolute Gasteiger partial charge is 0.347 e. The lowest BCUT2D eigenvalue weighted by atomic mass is 10.0. The molecule has 27 heavy (non-hydrogen) atoms. The minimum absolute atomic E-state index is 0.357. The summed E-state index contributed by atoms with van der Waals surface area (Å²) in [5.74, 6) is 0.917. The van der Waals surface area contributed by atoms with Crippen molar-refractivity contribution in [1.29, 1.82) is 0 Å². The fourth-order valence-electron chi connectivity index (χ4n) is 3.01. The van der Waals surface area contributed by atoms with Gasteiger partial charge in [0.15, 0.2) is 0 Å². The van der Waals surface area contributed by atoms with E-state index in [9.17, 15) is 4.79 Å². The molecule has 0 unspecified atom stereocenters. The third kappa shape index (κ3) is 3.22. The lowest BCUT2D eigenvalue weighted by Crippen LogP contribution is -2.00. The predicted octanol–water partition coefficient (Wildman–Crippen LogP) is 6.72. The van der Waals surface area contributed by atoms with Gasteiger partial charge < -0.3 is 14.2 Å². The Hall–Kier alpha value is -2.69. The van der Waals surface area contributed by atoms with E-state index < -0.39 is 5.63 Å². The van der Waals surface area contributed by atoms with E-state index in [1.165, 1.54) is 0 Å². The number of rotatable bonds is 3. The molecular weight excluding hydrogens is 385 g/mol. The van der Waals surface area contributed by atoms with Crippen molar-refractivity contribution in [2.24, 2.45) is 0 Å². The lowest BCUT2D eigenvalue weighted by molar-refractivity contribution is 0.485. The number of fused-ring (bicyclic) bond motifs is 1. The van der Waals surface area contributed by atoms with E-state index in [4.69, 9.17) is 32.0 Å². The maximum atomic E-state index is 12.6. The Morgan fingerprint density at radius 3 is 2.44 bits per heavy atom. The second-order valence-corrected chi connectivity index (χ2v) is 7.07. The molecule has 0 bridgehead atoms. The summed E-state index contributed by atoms with van der Waals surface area (Å²) in [6.07, 6.45) is 0. The monoisotopic (exact) mass is 399 g/mol. The lowest BCUT2D eigenvalue weighted by Gasteiger charge is -2.09. The van der Waals surface area contributed by atoms with Gasteiger partial charge in [0.1, 0.15) is 16.7 Å². The second-order valence-electron chi connectivity index (χ2n) is 6.26. The van der Waals surface area contributed by atoms with E-state index >= 15 is 0 Å². The zero-order chi connectivity index (χ0) is 19.1. The van der Waals surface area contributed by atoms with Gasteiger partial charge in [0.2, 0.25) is 5.88 Å². The fraction of sp³-hybridized carbons (Fsp3) is 0.0952. The Morgan fingerprint density at radius 2 is 1.70 bits per heavy atom. The average Bonchev–Trinajstić information content (AvgIpc) is 2.97. The van der Waals surface area contributed by atoms with Crippen LogP contribution in [0.5, 0.6) is 0 Å². The summed E-state index contributed by atoms with van der Waals surface area (Å²) in [7, 11) is 0. The van der Waals surface area contributed by atoms with Crippen molar-refractivity contribution in [2.45, 2.75) is 13.8 Å². The molecule has 4 rings (SSSR count). The number of nitrogens with one attached hydrogen (secondary N) is 1. The molecule has 0 aliphatic rings. The highest BCUT2D eigenvalue weighted by Crippen LogP contribution is 2.40. The summed E-state index contributed by atoms with van der Waals surface area (Å²) in [5, 5.41) is 4.47. The third-order valence-corrected chi connectivity index (χ3v) is 5.07. The van der Waals surface area contributed by atoms with Crippen LogP contribution in [0.2, 0.25) is 10.0 Å². The van der Waals surface area contributed by atoms with Crippen molar-refractivity contribution in [3.63, 3.8) is 0 Å². The zero-order valence-corrected chi connectivity index (χ0v) is 16.1. The van der Waals surface area contributed by atoms with Crippen LogP contribution in [0.25, 0.3) is 22.1 Å². The first kappa shape index (κ1) is 17.7. The summed E-state index contributed by atoms with van der Waals surface area (Å²) in [5.41, 5.74) is 3.18. The predicted molar refractivity (Wildman–Crippen MR) is 109 cm³/mol. The van der Waals surface area contributed by atoms with Crippen molar-refractivity contribution >= 4 is 45.7 Å². The zero-order valence-electron chi connectivity index (χ0n) is 14.6. The molecule has 2 heterocycles. The molecule has 136 valence electrons. The molecular formula is C21H15Cl2NO3. The molecule has 0 radical (unpaired) electrons. The van der Waals surface area contributed by atoms with Crippen molar-refractivity contribution in [2.75, 3.05) is 5.32 Å². The Morgan fingerprint density at radius 1 is 0.926 bits per heavy atom. The van der Waals surface area contributed by atoms with Gasteiger partial charge in [-0.3, -0.25) is 0 Å². The standard InChI is InChI=1S/C21H15Cl2NO3/c1-11-5-3-4-6-16(11)24-20-18(13-7-8-14(22)15(23)10-13)19-17(27-20)9-12(2)26-21(19)25/h3-10,24H,1-2H3. The molecule has 0 saturated carbocycles. The SMILES string of the molecule is Cc1cc2oc(Nc3ccccc3C)c(-c3ccc(Cl)c(Cl)c3)c2c(=O)o1. The first-order valence-electron chi connectivity index (χ1n) is 8.29. The normalized spacial score (nSPS) is 11.1. The summed E-state index contributed by atoms with van der Waals surface area (Å²) in [4.78, 5) is 12.6.